The molecule has 0 aliphatic rings. The molecule has 1 aromatic heterocycles. The van der Waals surface area contributed by atoms with Gasteiger partial charge in [0.1, 0.15) is 0 Å². The largest absolute Gasteiger partial charge is 0.383 e. The number of halogens is 2. The van der Waals surface area contributed by atoms with Crippen LogP contribution in [-0.4, -0.2) is 51.3 Å². The third kappa shape index (κ3) is 5.14. The Labute approximate surface area is 122 Å². The number of pyridine rings is 1. The first-order valence-electron chi connectivity index (χ1n) is 6.56. The summed E-state index contributed by atoms with van der Waals surface area (Å²) < 4.78 is 32.0. The summed E-state index contributed by atoms with van der Waals surface area (Å²) in [5.74, 6) is -2.02. The zero-order valence-electron chi connectivity index (χ0n) is 12.4. The molecule has 0 saturated heterocycles. The molecule has 0 radical (unpaired) electrons. The Hall–Kier alpha value is -1.96. The number of anilines is 2. The van der Waals surface area contributed by atoms with Gasteiger partial charge in [-0.15, -0.1) is 0 Å². The highest BCUT2D eigenvalue weighted by molar-refractivity contribution is 5.81. The molecular formula is C13H20F2N4O2. The number of ether oxygens (including phenoxy) is 1. The number of methoxy groups -OCH3 is 1. The highest BCUT2D eigenvalue weighted by Crippen LogP contribution is 2.21. The van der Waals surface area contributed by atoms with Crippen molar-refractivity contribution in [1.82, 2.24) is 10.3 Å². The van der Waals surface area contributed by atoms with Crippen LogP contribution in [0, 0.1) is 11.6 Å². The normalized spacial score (nSPS) is 10.3. The molecule has 0 unspecified atom stereocenters. The molecule has 118 valence electrons. The number of likely N-dealkylation sites (N-methyl/N-ethyl adjacent to an activating group) is 1. The molecule has 0 saturated carbocycles. The summed E-state index contributed by atoms with van der Waals surface area (Å²) in [7, 11) is 3.04. The SMILES string of the molecule is CCNc1nc(N(C)CC(=O)NCCOC)c(F)cc1F. The molecule has 0 fully saturated rings. The maximum atomic E-state index is 13.8. The van der Waals surface area contributed by atoms with Gasteiger partial charge >= 0.3 is 0 Å². The molecule has 0 aliphatic carbocycles. The average molecular weight is 302 g/mol. The van der Waals surface area contributed by atoms with Crippen LogP contribution in [0.25, 0.3) is 0 Å². The number of amides is 1. The van der Waals surface area contributed by atoms with Crippen LogP contribution in [0.5, 0.6) is 0 Å². The third-order valence-electron chi connectivity index (χ3n) is 2.63. The summed E-state index contributed by atoms with van der Waals surface area (Å²) >= 11 is 0. The Morgan fingerprint density at radius 3 is 2.76 bits per heavy atom. The van der Waals surface area contributed by atoms with E-state index >= 15 is 0 Å². The van der Waals surface area contributed by atoms with Gasteiger partial charge in [-0.05, 0) is 6.92 Å². The molecule has 1 rings (SSSR count). The minimum atomic E-state index is -0.818. The van der Waals surface area contributed by atoms with E-state index in [-0.39, 0.29) is 24.1 Å². The van der Waals surface area contributed by atoms with Crippen LogP contribution in [0.1, 0.15) is 6.92 Å². The molecule has 0 atom stereocenters. The van der Waals surface area contributed by atoms with E-state index in [1.54, 1.807) is 6.92 Å². The molecule has 1 amide bonds. The Morgan fingerprint density at radius 2 is 2.14 bits per heavy atom. The predicted octanol–water partition coefficient (Wildman–Crippen LogP) is 0.990. The number of nitrogens with zero attached hydrogens (tertiary/aromatic N) is 2. The van der Waals surface area contributed by atoms with Crippen LogP contribution in [0.15, 0.2) is 6.07 Å². The van der Waals surface area contributed by atoms with Crippen LogP contribution in [0.4, 0.5) is 20.4 Å². The van der Waals surface area contributed by atoms with Crippen molar-refractivity contribution in [2.45, 2.75) is 6.92 Å². The van der Waals surface area contributed by atoms with Crippen molar-refractivity contribution in [2.24, 2.45) is 0 Å². The molecule has 2 N–H and O–H groups in total. The quantitative estimate of drug-likeness (QED) is 0.701. The van der Waals surface area contributed by atoms with Crippen LogP contribution in [-0.2, 0) is 9.53 Å². The van der Waals surface area contributed by atoms with Crippen molar-refractivity contribution >= 4 is 17.5 Å². The molecule has 6 nitrogen and oxygen atoms in total. The second-order valence-corrected chi connectivity index (χ2v) is 4.35. The molecule has 0 bridgehead atoms. The predicted molar refractivity (Wildman–Crippen MR) is 76.5 cm³/mol. The van der Waals surface area contributed by atoms with Gasteiger partial charge in [0.25, 0.3) is 0 Å². The summed E-state index contributed by atoms with van der Waals surface area (Å²) in [5, 5.41) is 5.31. The van der Waals surface area contributed by atoms with Gasteiger partial charge in [-0.2, -0.15) is 0 Å². The monoisotopic (exact) mass is 302 g/mol. The smallest absolute Gasteiger partial charge is 0.239 e. The Kier molecular flexibility index (Phi) is 6.80. The number of carbonyl (C=O) groups is 1. The summed E-state index contributed by atoms with van der Waals surface area (Å²) in [6, 6.07) is 0.750. The van der Waals surface area contributed by atoms with Gasteiger partial charge in [0.15, 0.2) is 23.3 Å². The van der Waals surface area contributed by atoms with Gasteiger partial charge in [0.2, 0.25) is 5.91 Å². The number of aromatic nitrogens is 1. The van der Waals surface area contributed by atoms with E-state index in [1.165, 1.54) is 19.1 Å². The second kappa shape index (κ2) is 8.35. The standard InChI is InChI=1S/C13H20F2N4O2/c1-4-16-12-9(14)7-10(15)13(18-12)19(2)8-11(20)17-5-6-21-3/h7H,4-6,8H2,1-3H3,(H,16,18)(H,17,20). The summed E-state index contributed by atoms with van der Waals surface area (Å²) in [4.78, 5) is 16.8. The molecular weight excluding hydrogens is 282 g/mol. The van der Waals surface area contributed by atoms with Crippen molar-refractivity contribution < 1.29 is 18.3 Å². The van der Waals surface area contributed by atoms with E-state index in [0.717, 1.165) is 6.07 Å². The van der Waals surface area contributed by atoms with Crippen molar-refractivity contribution in [3.63, 3.8) is 0 Å². The van der Waals surface area contributed by atoms with Crippen molar-refractivity contribution in [2.75, 3.05) is 50.6 Å². The van der Waals surface area contributed by atoms with Crippen LogP contribution >= 0.6 is 0 Å². The minimum Gasteiger partial charge on any atom is -0.383 e. The molecule has 0 aromatic carbocycles. The third-order valence-corrected chi connectivity index (χ3v) is 2.63. The lowest BCUT2D eigenvalue weighted by atomic mass is 10.3. The fourth-order valence-corrected chi connectivity index (χ4v) is 1.65. The maximum absolute atomic E-state index is 13.8. The Bertz CT molecular complexity index is 485. The summed E-state index contributed by atoms with van der Waals surface area (Å²) in [6.45, 7) is 2.90. The minimum absolute atomic E-state index is 0.0412. The van der Waals surface area contributed by atoms with Gasteiger partial charge in [0, 0.05) is 33.3 Å². The highest BCUT2D eigenvalue weighted by Gasteiger charge is 2.16. The summed E-state index contributed by atoms with van der Waals surface area (Å²) in [5.41, 5.74) is 0. The maximum Gasteiger partial charge on any atom is 0.239 e. The van der Waals surface area contributed by atoms with Crippen LogP contribution in [0.2, 0.25) is 0 Å². The number of carbonyl (C=O) groups excluding carboxylic acids is 1. The van der Waals surface area contributed by atoms with E-state index in [1.807, 2.05) is 0 Å². The van der Waals surface area contributed by atoms with E-state index < -0.39 is 11.6 Å². The second-order valence-electron chi connectivity index (χ2n) is 4.35. The topological polar surface area (TPSA) is 66.5 Å². The first kappa shape index (κ1) is 17.1. The zero-order valence-corrected chi connectivity index (χ0v) is 12.4. The zero-order chi connectivity index (χ0) is 15.8. The van der Waals surface area contributed by atoms with E-state index in [2.05, 4.69) is 15.6 Å². The fourth-order valence-electron chi connectivity index (χ4n) is 1.65. The fraction of sp³-hybridized carbons (Fsp3) is 0.538. The molecule has 8 heteroatoms. The van der Waals surface area contributed by atoms with Crippen molar-refractivity contribution in [3.8, 4) is 0 Å². The highest BCUT2D eigenvalue weighted by atomic mass is 19.1. The van der Waals surface area contributed by atoms with Gasteiger partial charge in [-0.3, -0.25) is 4.79 Å². The number of rotatable bonds is 8. The van der Waals surface area contributed by atoms with Crippen LogP contribution < -0.4 is 15.5 Å². The Morgan fingerprint density at radius 1 is 1.43 bits per heavy atom. The first-order chi connectivity index (χ1) is 9.99. The number of nitrogens with one attached hydrogen (secondary N) is 2. The molecule has 21 heavy (non-hydrogen) atoms. The molecule has 1 aromatic rings. The van der Waals surface area contributed by atoms with Crippen molar-refractivity contribution in [3.05, 3.63) is 17.7 Å². The van der Waals surface area contributed by atoms with E-state index in [0.29, 0.717) is 19.7 Å². The first-order valence-corrected chi connectivity index (χ1v) is 6.56. The lowest BCUT2D eigenvalue weighted by molar-refractivity contribution is -0.119. The molecule has 0 aliphatic heterocycles. The van der Waals surface area contributed by atoms with Crippen LogP contribution in [0.3, 0.4) is 0 Å². The van der Waals surface area contributed by atoms with Gasteiger partial charge in [-0.25, -0.2) is 13.8 Å². The van der Waals surface area contributed by atoms with E-state index in [4.69, 9.17) is 4.74 Å². The lowest BCUT2D eigenvalue weighted by Gasteiger charge is -2.19. The van der Waals surface area contributed by atoms with Gasteiger partial charge < -0.3 is 20.3 Å². The molecule has 1 heterocycles. The number of hydrogen-bond acceptors (Lipinski definition) is 5. The number of hydrogen-bond donors (Lipinski definition) is 2. The Balaban J connectivity index is 2.74. The summed E-state index contributed by atoms with van der Waals surface area (Å²) in [6.07, 6.45) is 0. The van der Waals surface area contributed by atoms with E-state index in [9.17, 15) is 13.6 Å². The van der Waals surface area contributed by atoms with Crippen molar-refractivity contribution in [1.29, 1.82) is 0 Å². The average Bonchev–Trinajstić information content (AvgIpc) is 2.42. The molecule has 0 spiro atoms. The van der Waals surface area contributed by atoms with Gasteiger partial charge in [-0.1, -0.05) is 0 Å². The lowest BCUT2D eigenvalue weighted by Crippen LogP contribution is -2.37. The van der Waals surface area contributed by atoms with Gasteiger partial charge in [0.05, 0.1) is 13.2 Å².